The first kappa shape index (κ1) is 25.8. The molecule has 0 amide bonds. The molecule has 0 aromatic carbocycles. The molecule has 0 bridgehead atoms. The molecule has 0 saturated carbocycles. The zero-order valence-corrected chi connectivity index (χ0v) is 17.3. The molecule has 0 radical (unpaired) electrons. The minimum Gasteiger partial charge on any atom is -0.379 e. The number of hydrogen-bond donors (Lipinski definition) is 0. The van der Waals surface area contributed by atoms with Crippen LogP contribution in [0.4, 0.5) is 0 Å². The van der Waals surface area contributed by atoms with Crippen molar-refractivity contribution < 1.29 is 28.4 Å². The van der Waals surface area contributed by atoms with Crippen molar-refractivity contribution in [2.75, 3.05) is 72.7 Å². The number of hydrogen-bond acceptors (Lipinski definition) is 6. The second kappa shape index (κ2) is 22.8. The first-order valence-electron chi connectivity index (χ1n) is 10.3. The van der Waals surface area contributed by atoms with E-state index in [1.807, 2.05) is 13.8 Å². The van der Waals surface area contributed by atoms with E-state index in [9.17, 15) is 0 Å². The minimum absolute atomic E-state index is 0.254. The van der Waals surface area contributed by atoms with Crippen LogP contribution in [0.2, 0.25) is 0 Å². The van der Waals surface area contributed by atoms with Crippen LogP contribution in [0.3, 0.4) is 0 Å². The molecule has 0 spiro atoms. The smallest absolute Gasteiger partial charge is 0.0703 e. The fourth-order valence-electron chi connectivity index (χ4n) is 2.13. The Balaban J connectivity index is 2.97. The summed E-state index contributed by atoms with van der Waals surface area (Å²) in [6.07, 6.45) is 6.60. The molecule has 0 aromatic heterocycles. The van der Waals surface area contributed by atoms with Gasteiger partial charge >= 0.3 is 0 Å². The molecule has 0 atom stereocenters. The molecule has 0 saturated heterocycles. The molecular formula is C20H42O6. The highest BCUT2D eigenvalue weighted by Gasteiger charge is 1.95. The highest BCUT2D eigenvalue weighted by atomic mass is 16.6. The van der Waals surface area contributed by atoms with E-state index in [-0.39, 0.29) is 6.10 Å². The fraction of sp³-hybridized carbons (Fsp3) is 1.00. The second-order valence-electron chi connectivity index (χ2n) is 6.40. The van der Waals surface area contributed by atoms with Gasteiger partial charge in [0.05, 0.1) is 72.2 Å². The highest BCUT2D eigenvalue weighted by molar-refractivity contribution is 4.42. The van der Waals surface area contributed by atoms with Gasteiger partial charge in [-0.2, -0.15) is 0 Å². The van der Waals surface area contributed by atoms with Gasteiger partial charge in [-0.25, -0.2) is 0 Å². The molecule has 0 heterocycles. The standard InChI is InChI=1S/C20H42O6/c1-4-5-6-7-8-9-21-10-11-22-12-13-23-14-15-24-16-17-25-18-19-26-20(2)3/h20H,4-19H2,1-3H3. The summed E-state index contributed by atoms with van der Waals surface area (Å²) in [4.78, 5) is 0. The zero-order chi connectivity index (χ0) is 19.1. The summed E-state index contributed by atoms with van der Waals surface area (Å²) < 4.78 is 32.6. The van der Waals surface area contributed by atoms with Gasteiger partial charge in [0.2, 0.25) is 0 Å². The van der Waals surface area contributed by atoms with Crippen LogP contribution in [0.5, 0.6) is 0 Å². The molecule has 0 aliphatic rings. The van der Waals surface area contributed by atoms with Gasteiger partial charge in [-0.3, -0.25) is 0 Å². The lowest BCUT2D eigenvalue weighted by atomic mass is 10.2. The molecule has 6 heteroatoms. The Kier molecular flexibility index (Phi) is 22.6. The predicted molar refractivity (Wildman–Crippen MR) is 104 cm³/mol. The van der Waals surface area contributed by atoms with E-state index in [1.165, 1.54) is 25.7 Å². The number of rotatable bonds is 22. The molecule has 0 N–H and O–H groups in total. The zero-order valence-electron chi connectivity index (χ0n) is 17.3. The molecular weight excluding hydrogens is 336 g/mol. The quantitative estimate of drug-likeness (QED) is 0.269. The molecule has 6 nitrogen and oxygen atoms in total. The average Bonchev–Trinajstić information content (AvgIpc) is 2.62. The third kappa shape index (κ3) is 23.8. The van der Waals surface area contributed by atoms with Gasteiger partial charge in [0, 0.05) is 6.61 Å². The van der Waals surface area contributed by atoms with Crippen molar-refractivity contribution in [2.24, 2.45) is 0 Å². The van der Waals surface area contributed by atoms with Crippen LogP contribution < -0.4 is 0 Å². The Morgan fingerprint density at radius 3 is 1.27 bits per heavy atom. The normalized spacial score (nSPS) is 11.5. The molecule has 0 aliphatic heterocycles. The van der Waals surface area contributed by atoms with Crippen LogP contribution >= 0.6 is 0 Å². The van der Waals surface area contributed by atoms with E-state index >= 15 is 0 Å². The van der Waals surface area contributed by atoms with Gasteiger partial charge in [-0.1, -0.05) is 32.6 Å². The number of unbranched alkanes of at least 4 members (excludes halogenated alkanes) is 4. The van der Waals surface area contributed by atoms with Crippen molar-refractivity contribution in [3.63, 3.8) is 0 Å². The maximum Gasteiger partial charge on any atom is 0.0703 e. The third-order valence-corrected chi connectivity index (χ3v) is 3.56. The molecule has 26 heavy (non-hydrogen) atoms. The van der Waals surface area contributed by atoms with E-state index in [2.05, 4.69) is 6.92 Å². The van der Waals surface area contributed by atoms with Crippen molar-refractivity contribution in [3.8, 4) is 0 Å². The van der Waals surface area contributed by atoms with Crippen molar-refractivity contribution >= 4 is 0 Å². The second-order valence-corrected chi connectivity index (χ2v) is 6.40. The van der Waals surface area contributed by atoms with Crippen LogP contribution in [-0.4, -0.2) is 78.8 Å². The van der Waals surface area contributed by atoms with Crippen molar-refractivity contribution in [1.82, 2.24) is 0 Å². The summed E-state index contributed by atoms with van der Waals surface area (Å²) >= 11 is 0. The van der Waals surface area contributed by atoms with Crippen molar-refractivity contribution in [3.05, 3.63) is 0 Å². The van der Waals surface area contributed by atoms with E-state index in [0.717, 1.165) is 13.0 Å². The lowest BCUT2D eigenvalue weighted by molar-refractivity contribution is -0.0213. The fourth-order valence-corrected chi connectivity index (χ4v) is 2.13. The van der Waals surface area contributed by atoms with Gasteiger partial charge in [0.1, 0.15) is 0 Å². The summed E-state index contributed by atoms with van der Waals surface area (Å²) in [7, 11) is 0. The van der Waals surface area contributed by atoms with Crippen molar-refractivity contribution in [1.29, 1.82) is 0 Å². The lowest BCUT2D eigenvalue weighted by Crippen LogP contribution is -2.14. The van der Waals surface area contributed by atoms with Crippen LogP contribution in [0, 0.1) is 0 Å². The highest BCUT2D eigenvalue weighted by Crippen LogP contribution is 2.02. The first-order chi connectivity index (χ1) is 12.8. The van der Waals surface area contributed by atoms with Crippen LogP contribution in [0.25, 0.3) is 0 Å². The third-order valence-electron chi connectivity index (χ3n) is 3.56. The Morgan fingerprint density at radius 1 is 0.462 bits per heavy atom. The molecule has 0 rings (SSSR count). The SMILES string of the molecule is CCCCCCCOCCOCCOCCOCCOCCOC(C)C. The summed E-state index contributed by atoms with van der Waals surface area (Å²) in [6, 6.07) is 0. The first-order valence-corrected chi connectivity index (χ1v) is 10.3. The Labute approximate surface area is 160 Å². The monoisotopic (exact) mass is 378 g/mol. The van der Waals surface area contributed by atoms with E-state index < -0.39 is 0 Å². The molecule has 0 aliphatic carbocycles. The van der Waals surface area contributed by atoms with E-state index in [0.29, 0.717) is 66.1 Å². The summed E-state index contributed by atoms with van der Waals surface area (Å²) in [5.74, 6) is 0. The molecule has 158 valence electrons. The molecule has 0 aromatic rings. The molecule has 0 fully saturated rings. The lowest BCUT2D eigenvalue weighted by Gasteiger charge is -2.09. The summed E-state index contributed by atoms with van der Waals surface area (Å²) in [6.45, 7) is 13.1. The molecule has 0 unspecified atom stereocenters. The number of ether oxygens (including phenoxy) is 6. The van der Waals surface area contributed by atoms with Crippen LogP contribution in [0.1, 0.15) is 52.9 Å². The van der Waals surface area contributed by atoms with Gasteiger partial charge in [-0.15, -0.1) is 0 Å². The maximum atomic E-state index is 5.53. The van der Waals surface area contributed by atoms with E-state index in [1.54, 1.807) is 0 Å². The predicted octanol–water partition coefficient (Wildman–Crippen LogP) is 3.46. The van der Waals surface area contributed by atoms with Gasteiger partial charge < -0.3 is 28.4 Å². The Hall–Kier alpha value is -0.240. The summed E-state index contributed by atoms with van der Waals surface area (Å²) in [5, 5.41) is 0. The van der Waals surface area contributed by atoms with E-state index in [4.69, 9.17) is 28.4 Å². The maximum absolute atomic E-state index is 5.53. The largest absolute Gasteiger partial charge is 0.379 e. The summed E-state index contributed by atoms with van der Waals surface area (Å²) in [5.41, 5.74) is 0. The van der Waals surface area contributed by atoms with Crippen LogP contribution in [0.15, 0.2) is 0 Å². The minimum atomic E-state index is 0.254. The van der Waals surface area contributed by atoms with Gasteiger partial charge in [0.15, 0.2) is 0 Å². The van der Waals surface area contributed by atoms with Crippen LogP contribution in [-0.2, 0) is 28.4 Å². The van der Waals surface area contributed by atoms with Gasteiger partial charge in [0.25, 0.3) is 0 Å². The Morgan fingerprint density at radius 2 is 0.846 bits per heavy atom. The Bertz CT molecular complexity index is 250. The average molecular weight is 379 g/mol. The van der Waals surface area contributed by atoms with Gasteiger partial charge in [-0.05, 0) is 20.3 Å². The topological polar surface area (TPSA) is 55.4 Å². The van der Waals surface area contributed by atoms with Crippen molar-refractivity contribution in [2.45, 2.75) is 59.0 Å².